The van der Waals surface area contributed by atoms with Gasteiger partial charge in [0.05, 0.1) is 23.2 Å². The number of methoxy groups -OCH3 is 1. The quantitative estimate of drug-likeness (QED) is 0.586. The smallest absolute Gasteiger partial charge is 0.247 e. The average molecular weight is 437 g/mol. The lowest BCUT2D eigenvalue weighted by Crippen LogP contribution is -2.52. The van der Waals surface area contributed by atoms with E-state index in [4.69, 9.17) is 17.0 Å². The Labute approximate surface area is 175 Å². The third kappa shape index (κ3) is 2.80. The van der Waals surface area contributed by atoms with Crippen molar-refractivity contribution in [2.75, 3.05) is 18.6 Å². The van der Waals surface area contributed by atoms with E-state index in [1.807, 2.05) is 32.0 Å². The van der Waals surface area contributed by atoms with Crippen LogP contribution in [-0.2, 0) is 15.1 Å². The zero-order chi connectivity index (χ0) is 20.2. The first-order valence-corrected chi connectivity index (χ1v) is 11.4. The van der Waals surface area contributed by atoms with Gasteiger partial charge < -0.3 is 14.7 Å². The van der Waals surface area contributed by atoms with Gasteiger partial charge in [0, 0.05) is 24.0 Å². The van der Waals surface area contributed by atoms with Crippen molar-refractivity contribution < 1.29 is 19.4 Å². The second kappa shape index (κ2) is 6.91. The standard InChI is InChI=1S/C19H20N2O4S3/c1-19(2)17-15(18(26)28-27-17)10-5-4-6-11(25-3)16(10)21(19)14(24)9-20-12(22)7-8-13(20)23/h4-6,12,22H,7-9H2,1-3H3. The summed E-state index contributed by atoms with van der Waals surface area (Å²) in [6, 6.07) is 5.64. The average Bonchev–Trinajstić information content (AvgIpc) is 3.19. The number of rotatable bonds is 3. The van der Waals surface area contributed by atoms with Crippen LogP contribution in [0.1, 0.15) is 31.6 Å². The molecule has 0 aliphatic carbocycles. The highest BCUT2D eigenvalue weighted by atomic mass is 32.9. The molecule has 1 fully saturated rings. The summed E-state index contributed by atoms with van der Waals surface area (Å²) >= 11 is 5.58. The normalized spacial score (nSPS) is 20.1. The number of aliphatic hydroxyl groups is 1. The van der Waals surface area contributed by atoms with Gasteiger partial charge in [0.1, 0.15) is 22.3 Å². The maximum absolute atomic E-state index is 13.5. The number of likely N-dealkylation sites (tertiary alicyclic amines) is 1. The fourth-order valence-corrected chi connectivity index (χ4v) is 7.24. The molecule has 1 saturated heterocycles. The van der Waals surface area contributed by atoms with Gasteiger partial charge in [-0.2, -0.15) is 0 Å². The third-order valence-corrected chi connectivity index (χ3v) is 8.64. The molecule has 1 unspecified atom stereocenters. The summed E-state index contributed by atoms with van der Waals surface area (Å²) in [5.74, 6) is 0.103. The number of anilines is 1. The van der Waals surface area contributed by atoms with Gasteiger partial charge in [-0.15, -0.1) is 0 Å². The van der Waals surface area contributed by atoms with Crippen LogP contribution >= 0.6 is 32.9 Å². The number of amides is 2. The summed E-state index contributed by atoms with van der Waals surface area (Å²) in [7, 11) is 4.66. The number of carbonyl (C=O) groups excluding carboxylic acids is 2. The van der Waals surface area contributed by atoms with Crippen molar-refractivity contribution in [3.8, 4) is 16.9 Å². The molecule has 0 spiro atoms. The molecule has 2 aromatic rings. The minimum Gasteiger partial charge on any atom is -0.495 e. The molecule has 1 N–H and O–H groups in total. The Hall–Kier alpha value is -1.81. The van der Waals surface area contributed by atoms with Gasteiger partial charge >= 0.3 is 0 Å². The van der Waals surface area contributed by atoms with Crippen LogP contribution in [0.15, 0.2) is 18.2 Å². The predicted molar refractivity (Wildman–Crippen MR) is 112 cm³/mol. The molecule has 2 aliphatic rings. The first-order valence-electron chi connectivity index (χ1n) is 8.89. The SMILES string of the molecule is COc1cccc2c1N(C(=O)CN1C(=O)CCC1O)C(C)(C)c1ssc(=S)c1-2. The Morgan fingerprint density at radius 1 is 1.39 bits per heavy atom. The first kappa shape index (κ1) is 19.5. The minimum atomic E-state index is -0.916. The molecule has 148 valence electrons. The first-order chi connectivity index (χ1) is 13.3. The Bertz CT molecular complexity index is 1030. The van der Waals surface area contributed by atoms with Crippen molar-refractivity contribution >= 4 is 50.4 Å². The number of para-hydroxylation sites is 1. The van der Waals surface area contributed by atoms with Crippen LogP contribution in [-0.4, -0.2) is 41.7 Å². The summed E-state index contributed by atoms with van der Waals surface area (Å²) in [6.45, 7) is 3.77. The largest absolute Gasteiger partial charge is 0.495 e. The number of fused-ring (bicyclic) bond motifs is 3. The van der Waals surface area contributed by atoms with Crippen molar-refractivity contribution in [3.05, 3.63) is 26.9 Å². The highest BCUT2D eigenvalue weighted by Gasteiger charge is 2.45. The van der Waals surface area contributed by atoms with Gasteiger partial charge in [0.15, 0.2) is 0 Å². The topological polar surface area (TPSA) is 70.1 Å². The van der Waals surface area contributed by atoms with Gasteiger partial charge in [-0.05, 0) is 19.9 Å². The van der Waals surface area contributed by atoms with Crippen LogP contribution in [0.5, 0.6) is 5.75 Å². The van der Waals surface area contributed by atoms with E-state index in [0.717, 1.165) is 19.8 Å². The van der Waals surface area contributed by atoms with E-state index in [-0.39, 0.29) is 24.8 Å². The fourth-order valence-electron chi connectivity index (χ4n) is 3.96. The maximum Gasteiger partial charge on any atom is 0.247 e. The number of carbonyl (C=O) groups is 2. The lowest BCUT2D eigenvalue weighted by molar-refractivity contribution is -0.138. The lowest BCUT2D eigenvalue weighted by atomic mass is 9.87. The summed E-state index contributed by atoms with van der Waals surface area (Å²) in [6.07, 6.45) is -0.306. The van der Waals surface area contributed by atoms with E-state index >= 15 is 0 Å². The molecule has 4 rings (SSSR count). The molecule has 0 radical (unpaired) electrons. The van der Waals surface area contributed by atoms with E-state index in [1.165, 1.54) is 15.2 Å². The minimum absolute atomic E-state index is 0.175. The summed E-state index contributed by atoms with van der Waals surface area (Å²) in [5, 5.41) is 10.1. The molecule has 1 atom stereocenters. The van der Waals surface area contributed by atoms with E-state index in [2.05, 4.69) is 0 Å². The number of ether oxygens (including phenoxy) is 1. The number of aliphatic hydroxyl groups excluding tert-OH is 1. The second-order valence-corrected chi connectivity index (χ2v) is 10.2. The van der Waals surface area contributed by atoms with Gasteiger partial charge in [-0.25, -0.2) is 0 Å². The number of hydrogen-bond donors (Lipinski definition) is 1. The molecule has 6 nitrogen and oxygen atoms in total. The molecule has 0 bridgehead atoms. The molecule has 28 heavy (non-hydrogen) atoms. The molecule has 2 aliphatic heterocycles. The van der Waals surface area contributed by atoms with Crippen molar-refractivity contribution in [2.45, 2.75) is 38.5 Å². The second-order valence-electron chi connectivity index (χ2n) is 7.34. The lowest BCUT2D eigenvalue weighted by Gasteiger charge is -2.44. The number of hydrogen-bond acceptors (Lipinski definition) is 7. The van der Waals surface area contributed by atoms with Crippen molar-refractivity contribution in [3.63, 3.8) is 0 Å². The molecular weight excluding hydrogens is 416 g/mol. The molecule has 2 amide bonds. The summed E-state index contributed by atoms with van der Waals surface area (Å²) in [5.41, 5.74) is 1.83. The Morgan fingerprint density at radius 3 is 2.79 bits per heavy atom. The highest BCUT2D eigenvalue weighted by molar-refractivity contribution is 7.80. The van der Waals surface area contributed by atoms with Gasteiger partial charge in [0.2, 0.25) is 11.8 Å². The van der Waals surface area contributed by atoms with Crippen LogP contribution in [0.3, 0.4) is 0 Å². The van der Waals surface area contributed by atoms with E-state index in [9.17, 15) is 14.7 Å². The van der Waals surface area contributed by atoms with Gasteiger partial charge in [0.25, 0.3) is 0 Å². The van der Waals surface area contributed by atoms with Crippen LogP contribution in [0.4, 0.5) is 5.69 Å². The zero-order valence-corrected chi connectivity index (χ0v) is 18.2. The van der Waals surface area contributed by atoms with Crippen molar-refractivity contribution in [1.82, 2.24) is 4.90 Å². The van der Waals surface area contributed by atoms with Crippen molar-refractivity contribution in [1.29, 1.82) is 0 Å². The molecular formula is C19H20N2O4S3. The van der Waals surface area contributed by atoms with Gasteiger partial charge in [-0.1, -0.05) is 45.0 Å². The summed E-state index contributed by atoms with van der Waals surface area (Å²) in [4.78, 5) is 29.5. The third-order valence-electron chi connectivity index (χ3n) is 5.31. The Kier molecular flexibility index (Phi) is 4.81. The van der Waals surface area contributed by atoms with Gasteiger partial charge in [-0.3, -0.25) is 14.5 Å². The molecule has 9 heteroatoms. The molecule has 1 aromatic heterocycles. The Morgan fingerprint density at radius 2 is 2.14 bits per heavy atom. The Balaban J connectivity index is 1.87. The monoisotopic (exact) mass is 436 g/mol. The van der Waals surface area contributed by atoms with E-state index in [0.29, 0.717) is 17.9 Å². The van der Waals surface area contributed by atoms with Crippen LogP contribution in [0.25, 0.3) is 11.1 Å². The predicted octanol–water partition coefficient (Wildman–Crippen LogP) is 3.74. The van der Waals surface area contributed by atoms with Crippen molar-refractivity contribution in [2.24, 2.45) is 0 Å². The zero-order valence-electron chi connectivity index (χ0n) is 15.7. The van der Waals surface area contributed by atoms with Crippen LogP contribution in [0, 0.1) is 3.82 Å². The fraction of sp³-hybridized carbons (Fsp3) is 0.421. The van der Waals surface area contributed by atoms with E-state index < -0.39 is 11.8 Å². The number of benzene rings is 1. The van der Waals surface area contributed by atoms with E-state index in [1.54, 1.807) is 22.4 Å². The molecule has 1 aromatic carbocycles. The number of nitrogens with zero attached hydrogens (tertiary/aromatic N) is 2. The molecule has 3 heterocycles. The van der Waals surface area contributed by atoms with Crippen LogP contribution in [0.2, 0.25) is 0 Å². The molecule has 0 saturated carbocycles. The maximum atomic E-state index is 13.5. The summed E-state index contributed by atoms with van der Waals surface area (Å²) < 4.78 is 6.37. The highest BCUT2D eigenvalue weighted by Crippen LogP contribution is 2.54. The van der Waals surface area contributed by atoms with Crippen LogP contribution < -0.4 is 9.64 Å².